The molecule has 0 heterocycles. The SMILES string of the molecule is CCOC(C)OC(C)C(=N)N(C)C(=O)Nc1cc(F)c(C(=O)NC(CC)CC)cc1F. The first-order valence-corrected chi connectivity index (χ1v) is 10.3. The second kappa shape index (κ2) is 12.3. The Kier molecular flexibility index (Phi) is 10.5. The number of rotatable bonds is 10. The van der Waals surface area contributed by atoms with Crippen LogP contribution in [-0.2, 0) is 9.47 Å². The summed E-state index contributed by atoms with van der Waals surface area (Å²) in [7, 11) is 1.30. The number of halogens is 2. The van der Waals surface area contributed by atoms with E-state index in [2.05, 4.69) is 10.6 Å². The molecule has 0 bridgehead atoms. The van der Waals surface area contributed by atoms with Crippen LogP contribution < -0.4 is 10.6 Å². The molecule has 0 aliphatic rings. The van der Waals surface area contributed by atoms with Crippen molar-refractivity contribution in [2.24, 2.45) is 0 Å². The van der Waals surface area contributed by atoms with E-state index in [1.165, 1.54) is 7.05 Å². The van der Waals surface area contributed by atoms with Gasteiger partial charge in [-0.05, 0) is 39.7 Å². The molecule has 10 heteroatoms. The van der Waals surface area contributed by atoms with Gasteiger partial charge in [0.1, 0.15) is 23.6 Å². The number of carbonyl (C=O) groups is 2. The van der Waals surface area contributed by atoms with E-state index in [1.807, 2.05) is 13.8 Å². The predicted molar refractivity (Wildman–Crippen MR) is 114 cm³/mol. The van der Waals surface area contributed by atoms with Crippen molar-refractivity contribution in [2.45, 2.75) is 65.9 Å². The lowest BCUT2D eigenvalue weighted by atomic mass is 10.1. The monoisotopic (exact) mass is 442 g/mol. The summed E-state index contributed by atoms with van der Waals surface area (Å²) in [6, 6.07) is 0.466. The van der Waals surface area contributed by atoms with E-state index in [9.17, 15) is 18.4 Å². The number of urea groups is 1. The molecule has 0 radical (unpaired) electrons. The quantitative estimate of drug-likeness (QED) is 0.288. The number of carbonyl (C=O) groups excluding carboxylic acids is 2. The molecule has 174 valence electrons. The van der Waals surface area contributed by atoms with E-state index in [-0.39, 0.29) is 11.9 Å². The third-order valence-electron chi connectivity index (χ3n) is 4.71. The van der Waals surface area contributed by atoms with Crippen LogP contribution in [0.3, 0.4) is 0 Å². The van der Waals surface area contributed by atoms with E-state index >= 15 is 0 Å². The average molecular weight is 443 g/mol. The Balaban J connectivity index is 2.88. The van der Waals surface area contributed by atoms with Crippen LogP contribution in [0.4, 0.5) is 19.3 Å². The smallest absolute Gasteiger partial charge is 0.327 e. The van der Waals surface area contributed by atoms with Crippen molar-refractivity contribution in [3.05, 3.63) is 29.3 Å². The van der Waals surface area contributed by atoms with Gasteiger partial charge in [0, 0.05) is 25.8 Å². The maximum atomic E-state index is 14.5. The molecule has 3 N–H and O–H groups in total. The molecular formula is C21H32F2N4O4. The molecule has 31 heavy (non-hydrogen) atoms. The highest BCUT2D eigenvalue weighted by Crippen LogP contribution is 2.20. The second-order valence-corrected chi connectivity index (χ2v) is 6.97. The minimum absolute atomic E-state index is 0.149. The summed E-state index contributed by atoms with van der Waals surface area (Å²) in [6.45, 7) is 9.20. The molecular weight excluding hydrogens is 410 g/mol. The fraction of sp³-hybridized carbons (Fsp3) is 0.571. The van der Waals surface area contributed by atoms with E-state index in [0.29, 0.717) is 19.4 Å². The van der Waals surface area contributed by atoms with Gasteiger partial charge in [0.05, 0.1) is 11.3 Å². The van der Waals surface area contributed by atoms with Crippen LogP contribution in [0.2, 0.25) is 0 Å². The molecule has 0 aromatic heterocycles. The summed E-state index contributed by atoms with van der Waals surface area (Å²) in [5.74, 6) is -2.87. The highest BCUT2D eigenvalue weighted by molar-refractivity contribution is 6.03. The van der Waals surface area contributed by atoms with Crippen molar-refractivity contribution in [3.63, 3.8) is 0 Å². The standard InChI is InChI=1S/C21H32F2N4O4/c1-7-14(8-2)25-20(28)15-10-17(23)18(11-16(15)22)26-21(29)27(6)19(24)12(4)31-13(5)30-9-3/h10-14,24H,7-9H2,1-6H3,(H,25,28)(H,26,29). The fourth-order valence-electron chi connectivity index (χ4n) is 2.78. The molecule has 0 saturated carbocycles. The Labute approximate surface area is 181 Å². The number of ether oxygens (including phenoxy) is 2. The van der Waals surface area contributed by atoms with Crippen molar-refractivity contribution in [1.29, 1.82) is 5.41 Å². The van der Waals surface area contributed by atoms with E-state index in [1.54, 1.807) is 20.8 Å². The zero-order chi connectivity index (χ0) is 23.7. The molecule has 8 nitrogen and oxygen atoms in total. The third kappa shape index (κ3) is 7.55. The van der Waals surface area contributed by atoms with Crippen LogP contribution in [0.25, 0.3) is 0 Å². The first-order chi connectivity index (χ1) is 14.5. The summed E-state index contributed by atoms with van der Waals surface area (Å²) in [5, 5.41) is 12.9. The summed E-state index contributed by atoms with van der Waals surface area (Å²) in [5.41, 5.74) is -0.895. The molecule has 0 aliphatic heterocycles. The number of amides is 3. The minimum atomic E-state index is -0.973. The topological polar surface area (TPSA) is 104 Å². The van der Waals surface area contributed by atoms with Crippen LogP contribution in [0.1, 0.15) is 57.8 Å². The molecule has 1 aromatic carbocycles. The zero-order valence-corrected chi connectivity index (χ0v) is 18.8. The number of benzene rings is 1. The van der Waals surface area contributed by atoms with Gasteiger partial charge in [0.2, 0.25) is 0 Å². The predicted octanol–water partition coefficient (Wildman–Crippen LogP) is 4.11. The van der Waals surface area contributed by atoms with E-state index in [4.69, 9.17) is 14.9 Å². The normalized spacial score (nSPS) is 12.9. The van der Waals surface area contributed by atoms with Gasteiger partial charge in [-0.3, -0.25) is 15.1 Å². The van der Waals surface area contributed by atoms with Crippen LogP contribution in [0, 0.1) is 17.0 Å². The lowest BCUT2D eigenvalue weighted by Crippen LogP contribution is -2.43. The molecule has 2 unspecified atom stereocenters. The summed E-state index contributed by atoms with van der Waals surface area (Å²) in [4.78, 5) is 25.5. The van der Waals surface area contributed by atoms with Gasteiger partial charge >= 0.3 is 6.03 Å². The van der Waals surface area contributed by atoms with Crippen molar-refractivity contribution in [1.82, 2.24) is 10.2 Å². The van der Waals surface area contributed by atoms with Gasteiger partial charge in [-0.15, -0.1) is 0 Å². The number of nitrogens with zero attached hydrogens (tertiary/aromatic N) is 1. The fourth-order valence-corrected chi connectivity index (χ4v) is 2.78. The van der Waals surface area contributed by atoms with Crippen LogP contribution in [-0.4, -0.2) is 54.8 Å². The molecule has 2 atom stereocenters. The molecule has 0 spiro atoms. The van der Waals surface area contributed by atoms with Gasteiger partial charge in [-0.25, -0.2) is 13.6 Å². The maximum absolute atomic E-state index is 14.5. The molecule has 0 saturated heterocycles. The summed E-state index contributed by atoms with van der Waals surface area (Å²) in [6.07, 6.45) is -0.0498. The number of hydrogen-bond donors (Lipinski definition) is 3. The number of anilines is 1. The Morgan fingerprint density at radius 1 is 1.13 bits per heavy atom. The van der Waals surface area contributed by atoms with Crippen molar-refractivity contribution in [2.75, 3.05) is 19.0 Å². The largest absolute Gasteiger partial charge is 0.353 e. The highest BCUT2D eigenvalue weighted by atomic mass is 19.1. The van der Waals surface area contributed by atoms with Crippen LogP contribution in [0.15, 0.2) is 12.1 Å². The number of nitrogens with one attached hydrogen (secondary N) is 3. The van der Waals surface area contributed by atoms with Gasteiger partial charge in [-0.1, -0.05) is 13.8 Å². The lowest BCUT2D eigenvalue weighted by molar-refractivity contribution is -0.138. The summed E-state index contributed by atoms with van der Waals surface area (Å²) < 4.78 is 39.6. The van der Waals surface area contributed by atoms with Gasteiger partial charge in [0.15, 0.2) is 6.29 Å². The van der Waals surface area contributed by atoms with Gasteiger partial charge < -0.3 is 20.1 Å². The Morgan fingerprint density at radius 2 is 1.74 bits per heavy atom. The van der Waals surface area contributed by atoms with Gasteiger partial charge in [0.25, 0.3) is 5.91 Å². The first kappa shape index (κ1) is 26.4. The Hall–Kier alpha value is -2.59. The van der Waals surface area contributed by atoms with Crippen LogP contribution in [0.5, 0.6) is 0 Å². The Morgan fingerprint density at radius 3 is 2.29 bits per heavy atom. The molecule has 0 aliphatic carbocycles. The second-order valence-electron chi connectivity index (χ2n) is 6.97. The van der Waals surface area contributed by atoms with Crippen molar-refractivity contribution >= 4 is 23.5 Å². The molecule has 1 rings (SSSR count). The lowest BCUT2D eigenvalue weighted by Gasteiger charge is -2.25. The number of amidine groups is 1. The zero-order valence-electron chi connectivity index (χ0n) is 18.8. The first-order valence-electron chi connectivity index (χ1n) is 10.3. The number of likely N-dealkylation sites (N-methyl/N-ethyl adjacent to an activating group) is 1. The average Bonchev–Trinajstić information content (AvgIpc) is 2.72. The summed E-state index contributed by atoms with van der Waals surface area (Å²) >= 11 is 0. The van der Waals surface area contributed by atoms with E-state index < -0.39 is 47.2 Å². The molecule has 3 amide bonds. The Bertz CT molecular complexity index is 787. The van der Waals surface area contributed by atoms with E-state index in [0.717, 1.165) is 17.0 Å². The van der Waals surface area contributed by atoms with Gasteiger partial charge in [-0.2, -0.15) is 0 Å². The highest BCUT2D eigenvalue weighted by Gasteiger charge is 2.24. The van der Waals surface area contributed by atoms with Crippen molar-refractivity contribution < 1.29 is 27.8 Å². The number of hydrogen-bond acceptors (Lipinski definition) is 5. The molecule has 1 aromatic rings. The third-order valence-corrected chi connectivity index (χ3v) is 4.71. The minimum Gasteiger partial charge on any atom is -0.353 e. The van der Waals surface area contributed by atoms with Crippen molar-refractivity contribution in [3.8, 4) is 0 Å². The maximum Gasteiger partial charge on any atom is 0.327 e. The molecule has 0 fully saturated rings. The van der Waals surface area contributed by atoms with Crippen LogP contribution >= 0.6 is 0 Å².